The summed E-state index contributed by atoms with van der Waals surface area (Å²) >= 11 is 0. The van der Waals surface area contributed by atoms with Crippen LogP contribution in [-0.4, -0.2) is 23.5 Å². The first-order chi connectivity index (χ1) is 8.15. The summed E-state index contributed by atoms with van der Waals surface area (Å²) in [5.74, 6) is -1.46. The second-order valence-electron chi connectivity index (χ2n) is 4.20. The van der Waals surface area contributed by atoms with Gasteiger partial charge in [0.25, 0.3) is 0 Å². The van der Waals surface area contributed by atoms with Gasteiger partial charge in [0, 0.05) is 18.7 Å². The summed E-state index contributed by atoms with van der Waals surface area (Å²) in [6.45, 7) is 2.20. The van der Waals surface area contributed by atoms with Gasteiger partial charge in [0.2, 0.25) is 5.91 Å². The summed E-state index contributed by atoms with van der Waals surface area (Å²) < 4.78 is 0. The third-order valence-corrected chi connectivity index (χ3v) is 3.03. The quantitative estimate of drug-likeness (QED) is 0.868. The molecule has 1 aromatic carbocycles. The van der Waals surface area contributed by atoms with Gasteiger partial charge in [-0.1, -0.05) is 25.1 Å². The lowest BCUT2D eigenvalue weighted by Crippen LogP contribution is -2.30. The molecule has 0 bridgehead atoms. The molecule has 17 heavy (non-hydrogen) atoms. The van der Waals surface area contributed by atoms with Crippen molar-refractivity contribution in [3.05, 3.63) is 29.8 Å². The van der Waals surface area contributed by atoms with Crippen LogP contribution in [-0.2, 0) is 9.59 Å². The van der Waals surface area contributed by atoms with Crippen molar-refractivity contribution in [1.29, 1.82) is 0 Å². The number of anilines is 1. The monoisotopic (exact) mass is 233 g/mol. The first-order valence-electron chi connectivity index (χ1n) is 5.77. The fraction of sp³-hybridized carbons (Fsp3) is 0.385. The highest BCUT2D eigenvalue weighted by Crippen LogP contribution is 2.36. The molecular weight excluding hydrogens is 218 g/mol. The zero-order valence-electron chi connectivity index (χ0n) is 9.72. The average molecular weight is 233 g/mol. The van der Waals surface area contributed by atoms with Gasteiger partial charge in [0.05, 0.1) is 0 Å². The molecule has 0 radical (unpaired) electrons. The lowest BCUT2D eigenvalue weighted by molar-refractivity contribution is -0.138. The van der Waals surface area contributed by atoms with Crippen LogP contribution in [0.2, 0.25) is 0 Å². The van der Waals surface area contributed by atoms with E-state index in [9.17, 15) is 9.59 Å². The van der Waals surface area contributed by atoms with E-state index < -0.39 is 11.9 Å². The molecule has 1 heterocycles. The number of hydrogen-bond donors (Lipinski definition) is 1. The normalized spacial score (nSPS) is 17.9. The first kappa shape index (κ1) is 11.6. The molecule has 1 atom stereocenters. The highest BCUT2D eigenvalue weighted by atomic mass is 16.4. The molecule has 4 heteroatoms. The van der Waals surface area contributed by atoms with Crippen molar-refractivity contribution in [2.45, 2.75) is 25.7 Å². The molecule has 90 valence electrons. The average Bonchev–Trinajstić information content (AvgIpc) is 2.69. The van der Waals surface area contributed by atoms with Gasteiger partial charge in [0.1, 0.15) is 5.92 Å². The Balaban J connectivity index is 2.34. The number of carboxylic acids is 1. The van der Waals surface area contributed by atoms with E-state index in [1.54, 1.807) is 11.0 Å². The molecule has 1 aliphatic rings. The lowest BCUT2D eigenvalue weighted by Gasteiger charge is -2.16. The predicted molar refractivity (Wildman–Crippen MR) is 64.1 cm³/mol. The van der Waals surface area contributed by atoms with Crippen LogP contribution in [0.25, 0.3) is 0 Å². The summed E-state index contributed by atoms with van der Waals surface area (Å²) in [6, 6.07) is 7.23. The topological polar surface area (TPSA) is 57.6 Å². The van der Waals surface area contributed by atoms with Crippen LogP contribution < -0.4 is 4.90 Å². The Morgan fingerprint density at radius 1 is 1.41 bits per heavy atom. The van der Waals surface area contributed by atoms with Crippen LogP contribution in [0.1, 0.15) is 31.2 Å². The third-order valence-electron chi connectivity index (χ3n) is 3.03. The highest BCUT2D eigenvalue weighted by Gasteiger charge is 2.35. The fourth-order valence-corrected chi connectivity index (χ4v) is 2.20. The number of rotatable bonds is 3. The van der Waals surface area contributed by atoms with E-state index >= 15 is 0 Å². The summed E-state index contributed by atoms with van der Waals surface area (Å²) in [4.78, 5) is 24.7. The van der Waals surface area contributed by atoms with Crippen molar-refractivity contribution in [2.24, 2.45) is 0 Å². The van der Waals surface area contributed by atoms with Gasteiger partial charge in [-0.15, -0.1) is 0 Å². The number of carboxylic acid groups (broad SMARTS) is 1. The van der Waals surface area contributed by atoms with E-state index in [0.717, 1.165) is 17.7 Å². The van der Waals surface area contributed by atoms with Gasteiger partial charge >= 0.3 is 5.97 Å². The van der Waals surface area contributed by atoms with E-state index in [0.29, 0.717) is 6.42 Å². The molecular formula is C13H15NO3. The van der Waals surface area contributed by atoms with Crippen molar-refractivity contribution in [1.82, 2.24) is 0 Å². The lowest BCUT2D eigenvalue weighted by atomic mass is 10.0. The van der Waals surface area contributed by atoms with E-state index in [4.69, 9.17) is 5.11 Å². The summed E-state index contributed by atoms with van der Waals surface area (Å²) in [5.41, 5.74) is 1.49. The Bertz CT molecular complexity index is 456. The molecule has 0 saturated carbocycles. The van der Waals surface area contributed by atoms with Crippen LogP contribution >= 0.6 is 0 Å². The van der Waals surface area contributed by atoms with Crippen LogP contribution in [0.4, 0.5) is 5.69 Å². The molecule has 0 aromatic heterocycles. The Hall–Kier alpha value is -1.84. The molecule has 0 saturated heterocycles. The van der Waals surface area contributed by atoms with Crippen LogP contribution in [0, 0.1) is 0 Å². The molecule has 1 N–H and O–H groups in total. The molecule has 4 nitrogen and oxygen atoms in total. The van der Waals surface area contributed by atoms with Crippen molar-refractivity contribution < 1.29 is 14.7 Å². The first-order valence-corrected chi connectivity index (χ1v) is 5.77. The standard InChI is InChI=1S/C13H15NO3/c1-2-5-12(15)14-8-10(13(16)17)9-6-3-4-7-11(9)14/h3-4,6-7,10H,2,5,8H2,1H3,(H,16,17). The minimum absolute atomic E-state index is 0.00343. The zero-order chi connectivity index (χ0) is 12.4. The smallest absolute Gasteiger partial charge is 0.312 e. The van der Waals surface area contributed by atoms with E-state index in [1.807, 2.05) is 25.1 Å². The van der Waals surface area contributed by atoms with Crippen LogP contribution in [0.5, 0.6) is 0 Å². The van der Waals surface area contributed by atoms with Crippen LogP contribution in [0.15, 0.2) is 24.3 Å². The van der Waals surface area contributed by atoms with Crippen molar-refractivity contribution in [2.75, 3.05) is 11.4 Å². The number of carbonyl (C=O) groups excluding carboxylic acids is 1. The van der Waals surface area contributed by atoms with E-state index in [-0.39, 0.29) is 12.5 Å². The Kier molecular flexibility index (Phi) is 3.13. The number of fused-ring (bicyclic) bond motifs is 1. The zero-order valence-corrected chi connectivity index (χ0v) is 9.72. The molecule has 0 spiro atoms. The number of amides is 1. The van der Waals surface area contributed by atoms with Gasteiger partial charge in [-0.2, -0.15) is 0 Å². The van der Waals surface area contributed by atoms with Gasteiger partial charge in [-0.05, 0) is 18.1 Å². The number of hydrogen-bond acceptors (Lipinski definition) is 2. The number of para-hydroxylation sites is 1. The molecule has 1 amide bonds. The molecule has 2 rings (SSSR count). The second-order valence-corrected chi connectivity index (χ2v) is 4.20. The largest absolute Gasteiger partial charge is 0.481 e. The summed E-state index contributed by atoms with van der Waals surface area (Å²) in [7, 11) is 0. The highest BCUT2D eigenvalue weighted by molar-refractivity contribution is 5.98. The second kappa shape index (κ2) is 4.57. The molecule has 0 fully saturated rings. The Morgan fingerprint density at radius 3 is 2.76 bits per heavy atom. The number of carbonyl (C=O) groups is 2. The summed E-state index contributed by atoms with van der Waals surface area (Å²) in [6.07, 6.45) is 1.23. The number of benzene rings is 1. The SMILES string of the molecule is CCCC(=O)N1CC(C(=O)O)c2ccccc21. The van der Waals surface area contributed by atoms with Gasteiger partial charge in [0.15, 0.2) is 0 Å². The van der Waals surface area contributed by atoms with Crippen molar-refractivity contribution in [3.8, 4) is 0 Å². The minimum atomic E-state index is -0.871. The van der Waals surface area contributed by atoms with E-state index in [2.05, 4.69) is 0 Å². The summed E-state index contributed by atoms with van der Waals surface area (Å²) in [5, 5.41) is 9.15. The van der Waals surface area contributed by atoms with Gasteiger partial charge < -0.3 is 10.0 Å². The Labute approximate surface area is 99.9 Å². The van der Waals surface area contributed by atoms with Gasteiger partial charge in [-0.25, -0.2) is 0 Å². The minimum Gasteiger partial charge on any atom is -0.481 e. The maximum Gasteiger partial charge on any atom is 0.312 e. The number of nitrogens with zero attached hydrogens (tertiary/aromatic N) is 1. The predicted octanol–water partition coefficient (Wildman–Crippen LogP) is 2.00. The van der Waals surface area contributed by atoms with E-state index in [1.165, 1.54) is 0 Å². The maximum atomic E-state index is 11.9. The number of aliphatic carboxylic acids is 1. The maximum absolute atomic E-state index is 11.9. The van der Waals surface area contributed by atoms with Crippen molar-refractivity contribution in [3.63, 3.8) is 0 Å². The van der Waals surface area contributed by atoms with Gasteiger partial charge in [-0.3, -0.25) is 9.59 Å². The molecule has 0 aliphatic carbocycles. The Morgan fingerprint density at radius 2 is 2.12 bits per heavy atom. The third kappa shape index (κ3) is 2.02. The van der Waals surface area contributed by atoms with Crippen LogP contribution in [0.3, 0.4) is 0 Å². The molecule has 1 unspecified atom stereocenters. The fourth-order valence-electron chi connectivity index (χ4n) is 2.20. The van der Waals surface area contributed by atoms with Crippen molar-refractivity contribution >= 4 is 17.6 Å². The molecule has 1 aromatic rings. The molecule has 1 aliphatic heterocycles.